The quantitative estimate of drug-likeness (QED) is 0.541. The molecule has 0 bridgehead atoms. The van der Waals surface area contributed by atoms with Crippen LogP contribution in [0, 0.1) is 5.92 Å². The maximum Gasteiger partial charge on any atom is 0.396 e. The average molecular weight is 199 g/mol. The standard InChI is InChI=1S/C10H17NO3/c1-3-14-10(13)9(12)11-7(2)8-5-4-6-8/h7-8H,3-6H2,1-2H3,(H,11,12). The third kappa shape index (κ3) is 2.72. The Bertz CT molecular complexity index is 223. The normalized spacial score (nSPS) is 18.1. The van der Waals surface area contributed by atoms with Crippen LogP contribution in [0.5, 0.6) is 0 Å². The summed E-state index contributed by atoms with van der Waals surface area (Å²) in [6, 6.07) is 0.0839. The van der Waals surface area contributed by atoms with Crippen molar-refractivity contribution in [3.63, 3.8) is 0 Å². The number of esters is 1. The van der Waals surface area contributed by atoms with Crippen molar-refractivity contribution in [2.45, 2.75) is 39.2 Å². The van der Waals surface area contributed by atoms with Crippen molar-refractivity contribution in [3.05, 3.63) is 0 Å². The lowest BCUT2D eigenvalue weighted by molar-refractivity contribution is -0.155. The lowest BCUT2D eigenvalue weighted by Gasteiger charge is -2.31. The van der Waals surface area contributed by atoms with E-state index in [0.29, 0.717) is 5.92 Å². The minimum Gasteiger partial charge on any atom is -0.459 e. The Hall–Kier alpha value is -1.06. The van der Waals surface area contributed by atoms with Gasteiger partial charge in [-0.25, -0.2) is 4.79 Å². The maximum atomic E-state index is 11.2. The highest BCUT2D eigenvalue weighted by atomic mass is 16.5. The number of hydrogen-bond donors (Lipinski definition) is 1. The zero-order valence-corrected chi connectivity index (χ0v) is 8.71. The Kier molecular flexibility index (Phi) is 3.92. The first kappa shape index (κ1) is 11.0. The topological polar surface area (TPSA) is 55.4 Å². The number of rotatable bonds is 3. The lowest BCUT2D eigenvalue weighted by Crippen LogP contribution is -2.44. The zero-order chi connectivity index (χ0) is 10.6. The number of nitrogens with one attached hydrogen (secondary N) is 1. The molecule has 1 amide bonds. The average Bonchev–Trinajstić information content (AvgIpc) is 2.00. The van der Waals surface area contributed by atoms with Crippen LogP contribution in [0.3, 0.4) is 0 Å². The molecule has 4 heteroatoms. The van der Waals surface area contributed by atoms with Crippen LogP contribution < -0.4 is 5.32 Å². The lowest BCUT2D eigenvalue weighted by atomic mass is 9.80. The third-order valence-corrected chi connectivity index (χ3v) is 2.68. The molecule has 0 aromatic heterocycles. The second-order valence-electron chi connectivity index (χ2n) is 3.67. The van der Waals surface area contributed by atoms with Crippen molar-refractivity contribution >= 4 is 11.9 Å². The second kappa shape index (κ2) is 4.98. The maximum absolute atomic E-state index is 11.2. The van der Waals surface area contributed by atoms with Gasteiger partial charge in [0, 0.05) is 6.04 Å². The van der Waals surface area contributed by atoms with E-state index in [2.05, 4.69) is 10.1 Å². The van der Waals surface area contributed by atoms with Gasteiger partial charge in [0.2, 0.25) is 0 Å². The van der Waals surface area contributed by atoms with Gasteiger partial charge in [0.25, 0.3) is 0 Å². The molecular formula is C10H17NO3. The number of amides is 1. The summed E-state index contributed by atoms with van der Waals surface area (Å²) >= 11 is 0. The largest absolute Gasteiger partial charge is 0.459 e. The Morgan fingerprint density at radius 1 is 1.50 bits per heavy atom. The van der Waals surface area contributed by atoms with E-state index in [-0.39, 0.29) is 12.6 Å². The van der Waals surface area contributed by atoms with Crippen molar-refractivity contribution in [1.29, 1.82) is 0 Å². The summed E-state index contributed by atoms with van der Waals surface area (Å²) < 4.78 is 4.58. The Balaban J connectivity index is 2.28. The summed E-state index contributed by atoms with van der Waals surface area (Å²) in [5.41, 5.74) is 0. The van der Waals surface area contributed by atoms with E-state index < -0.39 is 11.9 Å². The van der Waals surface area contributed by atoms with E-state index in [1.54, 1.807) is 6.92 Å². The van der Waals surface area contributed by atoms with Gasteiger partial charge >= 0.3 is 11.9 Å². The minimum absolute atomic E-state index is 0.0839. The van der Waals surface area contributed by atoms with Crippen molar-refractivity contribution in [2.24, 2.45) is 5.92 Å². The molecule has 80 valence electrons. The minimum atomic E-state index is -0.779. The van der Waals surface area contributed by atoms with Gasteiger partial charge in [-0.05, 0) is 32.6 Å². The number of carbonyl (C=O) groups is 2. The van der Waals surface area contributed by atoms with Crippen LogP contribution in [0.1, 0.15) is 33.1 Å². The van der Waals surface area contributed by atoms with Crippen LogP contribution in [-0.2, 0) is 14.3 Å². The van der Waals surface area contributed by atoms with E-state index in [1.807, 2.05) is 6.92 Å². The van der Waals surface area contributed by atoms with Gasteiger partial charge in [-0.1, -0.05) is 6.42 Å². The van der Waals surface area contributed by atoms with E-state index in [4.69, 9.17) is 0 Å². The monoisotopic (exact) mass is 199 g/mol. The smallest absolute Gasteiger partial charge is 0.396 e. The summed E-state index contributed by atoms with van der Waals surface area (Å²) in [6.45, 7) is 3.85. The first-order valence-corrected chi connectivity index (χ1v) is 5.12. The highest BCUT2D eigenvalue weighted by molar-refractivity contribution is 6.32. The van der Waals surface area contributed by atoms with Crippen LogP contribution in [0.4, 0.5) is 0 Å². The molecule has 1 unspecified atom stereocenters. The van der Waals surface area contributed by atoms with Gasteiger partial charge in [0.15, 0.2) is 0 Å². The summed E-state index contributed by atoms with van der Waals surface area (Å²) in [6.07, 6.45) is 3.51. The molecule has 0 spiro atoms. The van der Waals surface area contributed by atoms with Crippen LogP contribution in [0.2, 0.25) is 0 Å². The molecular weight excluding hydrogens is 182 g/mol. The summed E-state index contributed by atoms with van der Waals surface area (Å²) in [7, 11) is 0. The number of carbonyl (C=O) groups excluding carboxylic acids is 2. The molecule has 0 aromatic carbocycles. The SMILES string of the molecule is CCOC(=O)C(=O)NC(C)C1CCC1. The first-order chi connectivity index (χ1) is 6.65. The van der Waals surface area contributed by atoms with Gasteiger partial charge < -0.3 is 10.1 Å². The molecule has 1 aliphatic carbocycles. The van der Waals surface area contributed by atoms with Gasteiger partial charge in [-0.3, -0.25) is 4.79 Å². The van der Waals surface area contributed by atoms with Crippen molar-refractivity contribution in [3.8, 4) is 0 Å². The molecule has 1 saturated carbocycles. The van der Waals surface area contributed by atoms with Crippen molar-refractivity contribution in [1.82, 2.24) is 5.32 Å². The van der Waals surface area contributed by atoms with Gasteiger partial charge in [0.1, 0.15) is 0 Å². The zero-order valence-electron chi connectivity index (χ0n) is 8.71. The molecule has 0 heterocycles. The highest BCUT2D eigenvalue weighted by Crippen LogP contribution is 2.29. The van der Waals surface area contributed by atoms with E-state index in [9.17, 15) is 9.59 Å². The van der Waals surface area contributed by atoms with Crippen LogP contribution >= 0.6 is 0 Å². The Morgan fingerprint density at radius 2 is 2.14 bits per heavy atom. The van der Waals surface area contributed by atoms with E-state index in [0.717, 1.165) is 12.8 Å². The fourth-order valence-electron chi connectivity index (χ4n) is 1.52. The Labute approximate surface area is 84.0 Å². The summed E-state index contributed by atoms with van der Waals surface area (Å²) in [5, 5.41) is 2.65. The number of hydrogen-bond acceptors (Lipinski definition) is 3. The molecule has 1 aliphatic rings. The molecule has 1 rings (SSSR count). The third-order valence-electron chi connectivity index (χ3n) is 2.68. The fraction of sp³-hybridized carbons (Fsp3) is 0.800. The van der Waals surface area contributed by atoms with Crippen LogP contribution in [-0.4, -0.2) is 24.5 Å². The number of ether oxygens (including phenoxy) is 1. The first-order valence-electron chi connectivity index (χ1n) is 5.12. The summed E-state index contributed by atoms with van der Waals surface area (Å²) in [4.78, 5) is 22.2. The molecule has 14 heavy (non-hydrogen) atoms. The molecule has 1 N–H and O–H groups in total. The van der Waals surface area contributed by atoms with Crippen molar-refractivity contribution < 1.29 is 14.3 Å². The van der Waals surface area contributed by atoms with Gasteiger partial charge in [-0.15, -0.1) is 0 Å². The molecule has 0 saturated heterocycles. The highest BCUT2D eigenvalue weighted by Gasteiger charge is 2.27. The Morgan fingerprint density at radius 3 is 2.57 bits per heavy atom. The molecule has 4 nitrogen and oxygen atoms in total. The van der Waals surface area contributed by atoms with Crippen LogP contribution in [0.15, 0.2) is 0 Å². The molecule has 0 aliphatic heterocycles. The molecule has 0 aromatic rings. The molecule has 1 atom stereocenters. The van der Waals surface area contributed by atoms with Gasteiger partial charge in [0.05, 0.1) is 6.61 Å². The molecule has 1 fully saturated rings. The molecule has 0 radical (unpaired) electrons. The predicted octanol–water partition coefficient (Wildman–Crippen LogP) is 0.854. The predicted molar refractivity (Wildman–Crippen MR) is 51.6 cm³/mol. The second-order valence-corrected chi connectivity index (χ2v) is 3.67. The van der Waals surface area contributed by atoms with Crippen molar-refractivity contribution in [2.75, 3.05) is 6.61 Å². The fourth-order valence-corrected chi connectivity index (χ4v) is 1.52. The summed E-state index contributed by atoms with van der Waals surface area (Å²) in [5.74, 6) is -0.863. The van der Waals surface area contributed by atoms with Crippen LogP contribution in [0.25, 0.3) is 0 Å². The van der Waals surface area contributed by atoms with Gasteiger partial charge in [-0.2, -0.15) is 0 Å². The van der Waals surface area contributed by atoms with E-state index in [1.165, 1.54) is 6.42 Å². The van der Waals surface area contributed by atoms with E-state index >= 15 is 0 Å².